The molecular weight excluding hydrogens is 474 g/mol. The molecule has 3 aliphatic rings. The van der Waals surface area contributed by atoms with Crippen molar-refractivity contribution in [1.82, 2.24) is 14.8 Å². The number of carbonyl (C=O) groups is 1. The zero-order chi connectivity index (χ0) is 25.6. The van der Waals surface area contributed by atoms with E-state index in [9.17, 15) is 10.1 Å². The van der Waals surface area contributed by atoms with Crippen LogP contribution in [0.5, 0.6) is 17.4 Å². The van der Waals surface area contributed by atoms with E-state index >= 15 is 0 Å². The number of nitriles is 1. The van der Waals surface area contributed by atoms with Crippen LogP contribution in [-0.2, 0) is 9.53 Å². The number of benzene rings is 1. The number of nitrogens with zero attached hydrogens (tertiary/aromatic N) is 5. The summed E-state index contributed by atoms with van der Waals surface area (Å²) in [7, 11) is 1.49. The Labute approximate surface area is 216 Å². The van der Waals surface area contributed by atoms with E-state index in [0.29, 0.717) is 68.9 Å². The lowest BCUT2D eigenvalue weighted by atomic mass is 10.1. The molecule has 0 aliphatic carbocycles. The second kappa shape index (κ2) is 11.4. The van der Waals surface area contributed by atoms with Crippen molar-refractivity contribution < 1.29 is 23.7 Å². The van der Waals surface area contributed by atoms with Crippen molar-refractivity contribution in [2.45, 2.75) is 6.42 Å². The first-order valence-corrected chi connectivity index (χ1v) is 12.4. The van der Waals surface area contributed by atoms with Crippen LogP contribution >= 0.6 is 0 Å². The maximum absolute atomic E-state index is 12.6. The summed E-state index contributed by atoms with van der Waals surface area (Å²) >= 11 is 0. The van der Waals surface area contributed by atoms with E-state index in [1.807, 2.05) is 28.0 Å². The maximum Gasteiger partial charge on any atom is 0.236 e. The SMILES string of the molecule is COc1ncc(N2CCOc3ccc(OC#CC4CCN(C(=O)CN5CCOCC5)C4)cc32)cc1C#N. The lowest BCUT2D eigenvalue weighted by Crippen LogP contribution is -2.44. The summed E-state index contributed by atoms with van der Waals surface area (Å²) in [5, 5.41) is 9.44. The van der Waals surface area contributed by atoms with Gasteiger partial charge in [-0.2, -0.15) is 5.26 Å². The molecule has 5 rings (SSSR count). The minimum absolute atomic E-state index is 0.0841. The molecule has 4 heterocycles. The predicted molar refractivity (Wildman–Crippen MR) is 135 cm³/mol. The molecule has 192 valence electrons. The summed E-state index contributed by atoms with van der Waals surface area (Å²) < 4.78 is 22.1. The van der Waals surface area contributed by atoms with Crippen molar-refractivity contribution in [3.63, 3.8) is 0 Å². The molecule has 2 aromatic rings. The Balaban J connectivity index is 1.22. The molecule has 0 radical (unpaired) electrons. The number of pyridine rings is 1. The Hall–Kier alpha value is -3.99. The molecule has 10 nitrogen and oxygen atoms in total. The summed E-state index contributed by atoms with van der Waals surface area (Å²) in [6.45, 7) is 5.84. The van der Waals surface area contributed by atoms with Crippen LogP contribution in [0.2, 0.25) is 0 Å². The van der Waals surface area contributed by atoms with Gasteiger partial charge in [0.25, 0.3) is 0 Å². The third-order valence-electron chi connectivity index (χ3n) is 6.69. The zero-order valence-electron chi connectivity index (χ0n) is 20.8. The van der Waals surface area contributed by atoms with Gasteiger partial charge in [0.1, 0.15) is 35.8 Å². The molecule has 37 heavy (non-hydrogen) atoms. The molecule has 2 saturated heterocycles. The summed E-state index contributed by atoms with van der Waals surface area (Å²) in [6, 6.07) is 9.41. The first kappa shape index (κ1) is 24.7. The van der Waals surface area contributed by atoms with Crippen molar-refractivity contribution in [3.8, 4) is 35.5 Å². The fourth-order valence-electron chi connectivity index (χ4n) is 4.69. The zero-order valence-corrected chi connectivity index (χ0v) is 20.8. The number of carbonyl (C=O) groups excluding carboxylic acids is 1. The van der Waals surface area contributed by atoms with Crippen LogP contribution in [0, 0.1) is 29.3 Å². The van der Waals surface area contributed by atoms with Crippen molar-refractivity contribution in [2.75, 3.05) is 71.1 Å². The number of likely N-dealkylation sites (tertiary alicyclic amines) is 1. The summed E-state index contributed by atoms with van der Waals surface area (Å²) in [5.74, 6) is 4.99. The summed E-state index contributed by atoms with van der Waals surface area (Å²) in [6.07, 6.45) is 5.34. The van der Waals surface area contributed by atoms with Gasteiger partial charge in [-0.15, -0.1) is 0 Å². The molecule has 1 aromatic heterocycles. The smallest absolute Gasteiger partial charge is 0.236 e. The molecule has 1 aromatic carbocycles. The van der Waals surface area contributed by atoms with E-state index in [1.165, 1.54) is 7.11 Å². The number of anilines is 2. The fraction of sp³-hybridized carbons (Fsp3) is 0.444. The quantitative estimate of drug-likeness (QED) is 0.567. The Bertz CT molecular complexity index is 1240. The van der Waals surface area contributed by atoms with E-state index in [-0.39, 0.29) is 11.8 Å². The van der Waals surface area contributed by atoms with Crippen molar-refractivity contribution in [3.05, 3.63) is 36.0 Å². The number of methoxy groups -OCH3 is 1. The normalized spacial score (nSPS) is 19.2. The van der Waals surface area contributed by atoms with Gasteiger partial charge in [-0.3, -0.25) is 9.69 Å². The molecule has 0 N–H and O–H groups in total. The van der Waals surface area contributed by atoms with Crippen molar-refractivity contribution in [1.29, 1.82) is 5.26 Å². The number of rotatable bonds is 5. The second-order valence-electron chi connectivity index (χ2n) is 9.05. The van der Waals surface area contributed by atoms with Crippen LogP contribution in [0.1, 0.15) is 12.0 Å². The number of morpholine rings is 1. The summed E-state index contributed by atoms with van der Waals surface area (Å²) in [5.41, 5.74) is 1.93. The standard InChI is InChI=1S/C27H29N5O5/c1-34-27-21(16-28)14-22(17-29-27)32-9-13-37-25-3-2-23(15-24(25)32)36-10-5-20-4-6-31(18-20)26(33)19-30-7-11-35-12-8-30/h2-3,14-15,17,20H,4,6-9,11-13,18-19H2,1H3. The molecule has 2 fully saturated rings. The van der Waals surface area contributed by atoms with Crippen LogP contribution < -0.4 is 19.1 Å². The molecule has 3 aliphatic heterocycles. The van der Waals surface area contributed by atoms with Gasteiger partial charge < -0.3 is 28.7 Å². The minimum Gasteiger partial charge on any atom is -0.490 e. The first-order valence-electron chi connectivity index (χ1n) is 12.4. The Kier molecular flexibility index (Phi) is 7.59. The molecule has 1 unspecified atom stereocenters. The van der Waals surface area contributed by atoms with Crippen LogP contribution in [-0.4, -0.2) is 86.9 Å². The highest BCUT2D eigenvalue weighted by Crippen LogP contribution is 2.39. The van der Waals surface area contributed by atoms with E-state index in [0.717, 1.165) is 30.9 Å². The molecule has 0 saturated carbocycles. The number of hydrogen-bond acceptors (Lipinski definition) is 9. The lowest BCUT2D eigenvalue weighted by Gasteiger charge is -2.31. The molecule has 1 amide bonds. The van der Waals surface area contributed by atoms with E-state index < -0.39 is 0 Å². The van der Waals surface area contributed by atoms with Crippen molar-refractivity contribution >= 4 is 17.3 Å². The second-order valence-corrected chi connectivity index (χ2v) is 9.05. The van der Waals surface area contributed by atoms with Gasteiger partial charge in [-0.05, 0) is 24.6 Å². The highest BCUT2D eigenvalue weighted by molar-refractivity contribution is 5.78. The highest BCUT2D eigenvalue weighted by atomic mass is 16.5. The molecule has 10 heteroatoms. The van der Waals surface area contributed by atoms with Crippen molar-refractivity contribution in [2.24, 2.45) is 5.92 Å². The van der Waals surface area contributed by atoms with Gasteiger partial charge in [0, 0.05) is 38.2 Å². The monoisotopic (exact) mass is 503 g/mol. The number of hydrogen-bond donors (Lipinski definition) is 0. The van der Waals surface area contributed by atoms with E-state index in [1.54, 1.807) is 12.3 Å². The first-order chi connectivity index (χ1) is 18.1. The van der Waals surface area contributed by atoms with Crippen LogP contribution in [0.3, 0.4) is 0 Å². The van der Waals surface area contributed by atoms with E-state index in [2.05, 4.69) is 28.0 Å². The lowest BCUT2D eigenvalue weighted by molar-refractivity contribution is -0.132. The van der Waals surface area contributed by atoms with Gasteiger partial charge in [0.2, 0.25) is 11.8 Å². The van der Waals surface area contributed by atoms with Gasteiger partial charge in [-0.25, -0.2) is 4.98 Å². The average Bonchev–Trinajstić information content (AvgIpc) is 3.42. The van der Waals surface area contributed by atoms with Gasteiger partial charge in [0.15, 0.2) is 0 Å². The predicted octanol–water partition coefficient (Wildman–Crippen LogP) is 2.01. The number of ether oxygens (including phenoxy) is 4. The topological polar surface area (TPSA) is 100 Å². The highest BCUT2D eigenvalue weighted by Gasteiger charge is 2.27. The Morgan fingerprint density at radius 1 is 1.19 bits per heavy atom. The van der Waals surface area contributed by atoms with E-state index in [4.69, 9.17) is 18.9 Å². The fourth-order valence-corrected chi connectivity index (χ4v) is 4.69. The molecule has 0 spiro atoms. The largest absolute Gasteiger partial charge is 0.490 e. The average molecular weight is 504 g/mol. The van der Waals surface area contributed by atoms with Gasteiger partial charge in [-0.1, -0.05) is 5.92 Å². The minimum atomic E-state index is 0.0841. The number of fused-ring (bicyclic) bond motifs is 1. The number of amides is 1. The Morgan fingerprint density at radius 2 is 2.05 bits per heavy atom. The summed E-state index contributed by atoms with van der Waals surface area (Å²) in [4.78, 5) is 23.0. The molecular formula is C27H29N5O5. The van der Waals surface area contributed by atoms with Crippen LogP contribution in [0.15, 0.2) is 30.5 Å². The third-order valence-corrected chi connectivity index (χ3v) is 6.69. The van der Waals surface area contributed by atoms with Crippen LogP contribution in [0.25, 0.3) is 0 Å². The van der Waals surface area contributed by atoms with Gasteiger partial charge in [0.05, 0.1) is 51.0 Å². The third kappa shape index (κ3) is 5.72. The molecule has 0 bridgehead atoms. The maximum atomic E-state index is 12.6. The van der Waals surface area contributed by atoms with Gasteiger partial charge >= 0.3 is 0 Å². The molecule has 1 atom stereocenters. The number of aromatic nitrogens is 1. The van der Waals surface area contributed by atoms with Crippen LogP contribution in [0.4, 0.5) is 11.4 Å². The Morgan fingerprint density at radius 3 is 2.86 bits per heavy atom.